The van der Waals surface area contributed by atoms with E-state index >= 15 is 0 Å². The molecular weight excluding hydrogens is 360 g/mol. The Morgan fingerprint density at radius 3 is 2.80 bits per heavy atom. The van der Waals surface area contributed by atoms with Gasteiger partial charge in [-0.15, -0.1) is 0 Å². The van der Waals surface area contributed by atoms with Gasteiger partial charge in [0.2, 0.25) is 0 Å². The number of aliphatic imine (C=N–C) groups is 1. The van der Waals surface area contributed by atoms with Gasteiger partial charge in [0.1, 0.15) is 0 Å². The summed E-state index contributed by atoms with van der Waals surface area (Å²) in [4.78, 5) is 32.4. The van der Waals surface area contributed by atoms with Crippen molar-refractivity contribution in [1.29, 1.82) is 0 Å². The van der Waals surface area contributed by atoms with Crippen LogP contribution in [0.25, 0.3) is 0 Å². The lowest BCUT2D eigenvalue weighted by Crippen LogP contribution is -2.63. The van der Waals surface area contributed by atoms with Crippen molar-refractivity contribution >= 4 is 40.5 Å². The van der Waals surface area contributed by atoms with Crippen LogP contribution in [-0.4, -0.2) is 52.7 Å². The molecule has 1 fully saturated rings. The van der Waals surface area contributed by atoms with E-state index in [0.29, 0.717) is 5.75 Å². The van der Waals surface area contributed by atoms with Gasteiger partial charge in [0.15, 0.2) is 17.4 Å². The van der Waals surface area contributed by atoms with Crippen LogP contribution in [0.2, 0.25) is 5.02 Å². The lowest BCUT2D eigenvalue weighted by atomic mass is 10.1. The number of rotatable bonds is 5. The Morgan fingerprint density at radius 1 is 1.32 bits per heavy atom. The molecule has 2 atom stereocenters. The summed E-state index contributed by atoms with van der Waals surface area (Å²) >= 11 is 7.79. The molecule has 1 aromatic rings. The molecule has 0 aromatic heterocycles. The number of amides is 3. The van der Waals surface area contributed by atoms with E-state index < -0.39 is 18.2 Å². The van der Waals surface area contributed by atoms with E-state index in [0.717, 1.165) is 35.1 Å². The number of halogens is 1. The Bertz CT molecular complexity index is 712. The number of urea groups is 1. The number of benzene rings is 1. The molecule has 0 bridgehead atoms. The molecule has 2 aliphatic heterocycles. The fraction of sp³-hybridized carbons (Fsp3) is 0.471. The Labute approximate surface area is 156 Å². The minimum absolute atomic E-state index is 0.277. The predicted molar refractivity (Wildman–Crippen MR) is 101 cm³/mol. The average Bonchev–Trinajstić information content (AvgIpc) is 2.96. The van der Waals surface area contributed by atoms with Gasteiger partial charge in [0.05, 0.1) is 0 Å². The number of amidine groups is 1. The zero-order chi connectivity index (χ0) is 18.0. The minimum atomic E-state index is -0.466. The first-order chi connectivity index (χ1) is 12.0. The molecule has 2 heterocycles. The van der Waals surface area contributed by atoms with Gasteiger partial charge in [-0.05, 0) is 18.1 Å². The number of carbonyl (C=O) groups is 2. The molecule has 8 heteroatoms. The molecule has 3 rings (SSSR count). The van der Waals surface area contributed by atoms with Crippen molar-refractivity contribution in [2.45, 2.75) is 37.7 Å². The molecule has 1 saturated heterocycles. The number of nitrogens with one attached hydrogen (secondary N) is 1. The number of unbranched alkanes of at least 4 members (excludes halogenated alkanes) is 1. The number of fused-ring (bicyclic) bond motifs is 1. The van der Waals surface area contributed by atoms with Crippen molar-refractivity contribution in [2.75, 3.05) is 13.6 Å². The first kappa shape index (κ1) is 18.1. The summed E-state index contributed by atoms with van der Waals surface area (Å²) in [5.41, 5.74) is 1.02. The highest BCUT2D eigenvalue weighted by atomic mass is 35.5. The second-order valence-electron chi connectivity index (χ2n) is 6.10. The van der Waals surface area contributed by atoms with Crippen LogP contribution >= 0.6 is 23.4 Å². The van der Waals surface area contributed by atoms with Crippen LogP contribution in [0.15, 0.2) is 29.3 Å². The molecule has 6 nitrogen and oxygen atoms in total. The van der Waals surface area contributed by atoms with Gasteiger partial charge >= 0.3 is 6.03 Å². The zero-order valence-corrected chi connectivity index (χ0v) is 15.8. The fourth-order valence-corrected chi connectivity index (χ4v) is 4.31. The summed E-state index contributed by atoms with van der Waals surface area (Å²) in [6.07, 6.45) is 1.51. The van der Waals surface area contributed by atoms with Crippen LogP contribution in [-0.2, 0) is 10.5 Å². The van der Waals surface area contributed by atoms with Gasteiger partial charge < -0.3 is 9.80 Å². The fourth-order valence-electron chi connectivity index (χ4n) is 2.94. The first-order valence-corrected chi connectivity index (χ1v) is 9.67. The Balaban J connectivity index is 1.81. The Hall–Kier alpha value is -1.73. The van der Waals surface area contributed by atoms with Crippen LogP contribution in [0.5, 0.6) is 0 Å². The van der Waals surface area contributed by atoms with Crippen molar-refractivity contribution in [3.05, 3.63) is 34.9 Å². The molecule has 3 amide bonds. The standard InChI is InChI=1S/C17H21ClN4O2S/c1-3-4-9-22-13-14(21(2)16(24)20-15(13)23)19-17(22)25-10-11-7-5-6-8-12(11)18/h5-8,13-14H,3-4,9-10H2,1-2H3,(H,20,23,24). The van der Waals surface area contributed by atoms with Gasteiger partial charge in [0.25, 0.3) is 5.91 Å². The lowest BCUT2D eigenvalue weighted by Gasteiger charge is -2.36. The smallest absolute Gasteiger partial charge is 0.325 e. The Kier molecular flexibility index (Phi) is 5.54. The minimum Gasteiger partial charge on any atom is -0.336 e. The van der Waals surface area contributed by atoms with E-state index in [9.17, 15) is 9.59 Å². The summed E-state index contributed by atoms with van der Waals surface area (Å²) in [6.45, 7) is 2.85. The summed E-state index contributed by atoms with van der Waals surface area (Å²) in [5.74, 6) is 0.390. The highest BCUT2D eigenvalue weighted by Crippen LogP contribution is 2.31. The van der Waals surface area contributed by atoms with E-state index in [1.807, 2.05) is 29.2 Å². The first-order valence-electron chi connectivity index (χ1n) is 8.31. The largest absolute Gasteiger partial charge is 0.336 e. The number of thioether (sulfide) groups is 1. The predicted octanol–water partition coefficient (Wildman–Crippen LogP) is 2.92. The SMILES string of the molecule is CCCCN1C(SCc2ccccc2Cl)=NC2C1C(=O)NC(=O)N2C. The maximum atomic E-state index is 12.4. The van der Waals surface area contributed by atoms with Gasteiger partial charge in [-0.1, -0.05) is 54.9 Å². The van der Waals surface area contributed by atoms with Crippen molar-refractivity contribution in [2.24, 2.45) is 4.99 Å². The third-order valence-electron chi connectivity index (χ3n) is 4.39. The number of imide groups is 1. The molecule has 134 valence electrons. The molecule has 0 spiro atoms. The number of likely N-dealkylation sites (N-methyl/N-ethyl adjacent to an activating group) is 1. The molecule has 2 unspecified atom stereocenters. The molecular formula is C17H21ClN4O2S. The van der Waals surface area contributed by atoms with Gasteiger partial charge in [0, 0.05) is 24.4 Å². The van der Waals surface area contributed by atoms with Gasteiger partial charge in [-0.25, -0.2) is 9.79 Å². The monoisotopic (exact) mass is 380 g/mol. The van der Waals surface area contributed by atoms with Crippen molar-refractivity contribution < 1.29 is 9.59 Å². The van der Waals surface area contributed by atoms with E-state index in [2.05, 4.69) is 17.2 Å². The summed E-state index contributed by atoms with van der Waals surface area (Å²) in [5, 5.41) is 3.92. The quantitative estimate of drug-likeness (QED) is 0.853. The van der Waals surface area contributed by atoms with Crippen LogP contribution in [0.4, 0.5) is 4.79 Å². The summed E-state index contributed by atoms with van der Waals surface area (Å²) in [6, 6.07) is 6.84. The van der Waals surface area contributed by atoms with Crippen molar-refractivity contribution in [1.82, 2.24) is 15.1 Å². The van der Waals surface area contributed by atoms with E-state index in [1.54, 1.807) is 18.8 Å². The summed E-state index contributed by atoms with van der Waals surface area (Å²) < 4.78 is 0. The molecule has 1 N–H and O–H groups in total. The van der Waals surface area contributed by atoms with Crippen LogP contribution in [0.3, 0.4) is 0 Å². The highest BCUT2D eigenvalue weighted by molar-refractivity contribution is 8.13. The van der Waals surface area contributed by atoms with Crippen molar-refractivity contribution in [3.63, 3.8) is 0 Å². The molecule has 2 aliphatic rings. The van der Waals surface area contributed by atoms with Gasteiger partial charge in [-0.2, -0.15) is 0 Å². The molecule has 1 aromatic carbocycles. The molecule has 0 radical (unpaired) electrons. The van der Waals surface area contributed by atoms with E-state index in [-0.39, 0.29) is 5.91 Å². The third kappa shape index (κ3) is 3.62. The third-order valence-corrected chi connectivity index (χ3v) is 5.81. The van der Waals surface area contributed by atoms with Crippen molar-refractivity contribution in [3.8, 4) is 0 Å². The zero-order valence-electron chi connectivity index (χ0n) is 14.2. The van der Waals surface area contributed by atoms with Crippen LogP contribution < -0.4 is 5.32 Å². The lowest BCUT2D eigenvalue weighted by molar-refractivity contribution is -0.127. The molecule has 25 heavy (non-hydrogen) atoms. The molecule has 0 aliphatic carbocycles. The number of hydrogen-bond acceptors (Lipinski definition) is 5. The van der Waals surface area contributed by atoms with Gasteiger partial charge in [-0.3, -0.25) is 10.1 Å². The number of hydrogen-bond donors (Lipinski definition) is 1. The highest BCUT2D eigenvalue weighted by Gasteiger charge is 2.48. The topological polar surface area (TPSA) is 65.0 Å². The van der Waals surface area contributed by atoms with E-state index in [1.165, 1.54) is 4.90 Å². The Morgan fingerprint density at radius 2 is 2.08 bits per heavy atom. The second-order valence-corrected chi connectivity index (χ2v) is 7.45. The second kappa shape index (κ2) is 7.66. The molecule has 0 saturated carbocycles. The number of carbonyl (C=O) groups excluding carboxylic acids is 2. The van der Waals surface area contributed by atoms with E-state index in [4.69, 9.17) is 11.6 Å². The maximum Gasteiger partial charge on any atom is 0.325 e. The van der Waals surface area contributed by atoms with Crippen LogP contribution in [0, 0.1) is 0 Å². The average molecular weight is 381 g/mol. The maximum absolute atomic E-state index is 12.4. The van der Waals surface area contributed by atoms with Crippen LogP contribution in [0.1, 0.15) is 25.3 Å². The normalized spacial score (nSPS) is 22.8. The number of nitrogens with zero attached hydrogens (tertiary/aromatic N) is 3. The summed E-state index contributed by atoms with van der Waals surface area (Å²) in [7, 11) is 1.67.